The van der Waals surface area contributed by atoms with Crippen LogP contribution in [0, 0.1) is 11.8 Å². The molecule has 1 rings (SSSR count). The van der Waals surface area contributed by atoms with E-state index in [1.165, 1.54) is 7.11 Å². The van der Waals surface area contributed by atoms with E-state index < -0.39 is 12.3 Å². The molecule has 1 aliphatic rings. The SMILES string of the molecule is COC1OC(C)=C(C(=O)[O-])C1CC(C)C.[Li+]. The first-order valence-corrected chi connectivity index (χ1v) is 5.09. The van der Waals surface area contributed by atoms with Gasteiger partial charge in [-0.25, -0.2) is 0 Å². The summed E-state index contributed by atoms with van der Waals surface area (Å²) in [6.45, 7) is 5.71. The minimum absolute atomic E-state index is 0. The number of carbonyl (C=O) groups excluding carboxylic acids is 1. The van der Waals surface area contributed by atoms with E-state index in [1.54, 1.807) is 6.92 Å². The van der Waals surface area contributed by atoms with Gasteiger partial charge in [0.15, 0.2) is 0 Å². The maximum Gasteiger partial charge on any atom is 1.00 e. The fraction of sp³-hybridized carbons (Fsp3) is 0.727. The summed E-state index contributed by atoms with van der Waals surface area (Å²) >= 11 is 0. The van der Waals surface area contributed by atoms with Crippen molar-refractivity contribution < 1.29 is 38.2 Å². The molecule has 0 aromatic heterocycles. The van der Waals surface area contributed by atoms with Gasteiger partial charge in [-0.15, -0.1) is 0 Å². The van der Waals surface area contributed by atoms with Gasteiger partial charge in [-0.2, -0.15) is 0 Å². The van der Waals surface area contributed by atoms with Crippen LogP contribution in [-0.2, 0) is 14.3 Å². The molecule has 0 bridgehead atoms. The number of hydrogen-bond donors (Lipinski definition) is 0. The summed E-state index contributed by atoms with van der Waals surface area (Å²) in [5, 5.41) is 11.0. The number of rotatable bonds is 4. The molecular formula is C11H17LiO4. The van der Waals surface area contributed by atoms with Crippen LogP contribution in [0.15, 0.2) is 11.3 Å². The van der Waals surface area contributed by atoms with E-state index in [-0.39, 0.29) is 30.4 Å². The van der Waals surface area contributed by atoms with Gasteiger partial charge in [0.1, 0.15) is 5.76 Å². The zero-order valence-corrected chi connectivity index (χ0v) is 10.6. The molecule has 2 unspecified atom stereocenters. The van der Waals surface area contributed by atoms with Crippen LogP contribution in [0.5, 0.6) is 0 Å². The molecule has 1 heterocycles. The van der Waals surface area contributed by atoms with Gasteiger partial charge in [0, 0.05) is 12.7 Å². The number of allylic oxidation sites excluding steroid dienone is 1. The fourth-order valence-electron chi connectivity index (χ4n) is 1.96. The summed E-state index contributed by atoms with van der Waals surface area (Å²) in [5.41, 5.74) is 0.246. The average Bonchev–Trinajstić information content (AvgIpc) is 2.41. The maximum absolute atomic E-state index is 11.0. The predicted octanol–water partition coefficient (Wildman–Crippen LogP) is -2.32. The van der Waals surface area contributed by atoms with Gasteiger partial charge in [0.25, 0.3) is 0 Å². The predicted molar refractivity (Wildman–Crippen MR) is 52.5 cm³/mol. The third-order valence-electron chi connectivity index (χ3n) is 2.55. The first kappa shape index (κ1) is 15.6. The molecular weight excluding hydrogens is 203 g/mol. The Morgan fingerprint density at radius 3 is 2.50 bits per heavy atom. The number of methoxy groups -OCH3 is 1. The zero-order valence-electron chi connectivity index (χ0n) is 10.6. The largest absolute Gasteiger partial charge is 1.00 e. The molecule has 0 spiro atoms. The summed E-state index contributed by atoms with van der Waals surface area (Å²) < 4.78 is 10.5. The van der Waals surface area contributed by atoms with Crippen molar-refractivity contribution in [1.29, 1.82) is 0 Å². The van der Waals surface area contributed by atoms with Crippen molar-refractivity contribution in [2.24, 2.45) is 11.8 Å². The summed E-state index contributed by atoms with van der Waals surface area (Å²) in [7, 11) is 1.52. The molecule has 2 atom stereocenters. The second kappa shape index (κ2) is 6.34. The molecule has 0 N–H and O–H groups in total. The molecule has 0 fully saturated rings. The molecule has 0 amide bonds. The van der Waals surface area contributed by atoms with Crippen LogP contribution in [0.25, 0.3) is 0 Å². The minimum atomic E-state index is -1.15. The number of hydrogen-bond acceptors (Lipinski definition) is 4. The number of ether oxygens (including phenoxy) is 2. The Hall–Kier alpha value is -0.433. The third-order valence-corrected chi connectivity index (χ3v) is 2.55. The number of aliphatic carboxylic acids is 1. The van der Waals surface area contributed by atoms with Crippen LogP contribution in [0.3, 0.4) is 0 Å². The second-order valence-electron chi connectivity index (χ2n) is 4.22. The normalized spacial score (nSPS) is 24.3. The van der Waals surface area contributed by atoms with Gasteiger partial charge >= 0.3 is 18.9 Å². The summed E-state index contributed by atoms with van der Waals surface area (Å²) in [6, 6.07) is 0. The quantitative estimate of drug-likeness (QED) is 0.499. The van der Waals surface area contributed by atoms with E-state index >= 15 is 0 Å². The molecule has 0 aliphatic carbocycles. The van der Waals surface area contributed by atoms with E-state index in [9.17, 15) is 9.90 Å². The van der Waals surface area contributed by atoms with Crippen molar-refractivity contribution >= 4 is 5.97 Å². The van der Waals surface area contributed by atoms with E-state index in [1.807, 2.05) is 13.8 Å². The fourth-order valence-corrected chi connectivity index (χ4v) is 1.96. The van der Waals surface area contributed by atoms with Crippen molar-refractivity contribution in [1.82, 2.24) is 0 Å². The smallest absolute Gasteiger partial charge is 0.545 e. The Morgan fingerprint density at radius 2 is 2.12 bits per heavy atom. The first-order valence-electron chi connectivity index (χ1n) is 5.09. The first-order chi connectivity index (χ1) is 6.97. The molecule has 16 heavy (non-hydrogen) atoms. The monoisotopic (exact) mass is 220 g/mol. The van der Waals surface area contributed by atoms with Gasteiger partial charge < -0.3 is 19.4 Å². The summed E-state index contributed by atoms with van der Waals surface area (Å²) in [5.74, 6) is -0.582. The molecule has 0 aromatic carbocycles. The Bertz CT molecular complexity index is 286. The Labute approximate surface area is 108 Å². The number of carbonyl (C=O) groups is 1. The molecule has 0 aromatic rings. The standard InChI is InChI=1S/C11H18O4.Li/c1-6(2)5-8-9(10(12)13)7(3)15-11(8)14-4;/h6,8,11H,5H2,1-4H3,(H,12,13);/q;+1/p-1. The van der Waals surface area contributed by atoms with Gasteiger partial charge in [-0.3, -0.25) is 0 Å². The van der Waals surface area contributed by atoms with Crippen LogP contribution in [-0.4, -0.2) is 19.4 Å². The molecule has 4 nitrogen and oxygen atoms in total. The topological polar surface area (TPSA) is 58.6 Å². The Kier molecular flexibility index (Phi) is 6.17. The van der Waals surface area contributed by atoms with Crippen LogP contribution < -0.4 is 24.0 Å². The van der Waals surface area contributed by atoms with Gasteiger partial charge in [0.05, 0.1) is 11.9 Å². The molecule has 86 valence electrons. The third kappa shape index (κ3) is 3.28. The molecule has 0 radical (unpaired) electrons. The second-order valence-corrected chi connectivity index (χ2v) is 4.22. The number of carboxylic acids is 1. The van der Waals surface area contributed by atoms with Gasteiger partial charge in [-0.1, -0.05) is 13.8 Å². The zero-order chi connectivity index (χ0) is 11.6. The molecule has 0 saturated carbocycles. The van der Waals surface area contributed by atoms with Crippen molar-refractivity contribution in [2.75, 3.05) is 7.11 Å². The van der Waals surface area contributed by atoms with Crippen molar-refractivity contribution in [3.05, 3.63) is 11.3 Å². The van der Waals surface area contributed by atoms with Crippen LogP contribution in [0.1, 0.15) is 27.2 Å². The maximum atomic E-state index is 11.0. The molecule has 5 heteroatoms. The average molecular weight is 220 g/mol. The summed E-state index contributed by atoms with van der Waals surface area (Å²) in [4.78, 5) is 11.0. The number of carboxylic acid groups (broad SMARTS) is 1. The van der Waals surface area contributed by atoms with Crippen LogP contribution >= 0.6 is 0 Å². The van der Waals surface area contributed by atoms with Crippen molar-refractivity contribution in [3.8, 4) is 0 Å². The van der Waals surface area contributed by atoms with Crippen molar-refractivity contribution in [3.63, 3.8) is 0 Å². The summed E-state index contributed by atoms with van der Waals surface area (Å²) in [6.07, 6.45) is 0.236. The molecule has 0 saturated heterocycles. The van der Waals surface area contributed by atoms with E-state index in [4.69, 9.17) is 9.47 Å². The van der Waals surface area contributed by atoms with Crippen LogP contribution in [0.2, 0.25) is 0 Å². The Morgan fingerprint density at radius 1 is 1.56 bits per heavy atom. The van der Waals surface area contributed by atoms with E-state index in [2.05, 4.69) is 0 Å². The van der Waals surface area contributed by atoms with Crippen LogP contribution in [0.4, 0.5) is 0 Å². The van der Waals surface area contributed by atoms with E-state index in [0.717, 1.165) is 6.42 Å². The molecule has 1 aliphatic heterocycles. The van der Waals surface area contributed by atoms with Gasteiger partial charge in [-0.05, 0) is 19.3 Å². The minimum Gasteiger partial charge on any atom is -0.545 e. The van der Waals surface area contributed by atoms with Crippen molar-refractivity contribution in [2.45, 2.75) is 33.5 Å². The Balaban J connectivity index is 0.00000225. The van der Waals surface area contributed by atoms with Gasteiger partial charge in [0.2, 0.25) is 6.29 Å². The van der Waals surface area contributed by atoms with E-state index in [0.29, 0.717) is 11.7 Å².